The Hall–Kier alpha value is -1.98. The van der Waals surface area contributed by atoms with Crippen LogP contribution >= 0.6 is 11.3 Å². The molecule has 3 aromatic rings. The maximum absolute atomic E-state index is 8.91. The predicted molar refractivity (Wildman–Crippen MR) is 106 cm³/mol. The topological polar surface area (TPSA) is 58.0 Å². The molecule has 5 heteroatoms. The SMILES string of the molecule is Cc1ccc(-c2c(C)sc3nc(C)nc(NCCCCCO)c23)cc1. The molecular weight excluding hydrogens is 330 g/mol. The third kappa shape index (κ3) is 3.99. The van der Waals surface area contributed by atoms with Gasteiger partial charge >= 0.3 is 0 Å². The summed E-state index contributed by atoms with van der Waals surface area (Å²) in [6.45, 7) is 7.32. The lowest BCUT2D eigenvalue weighted by molar-refractivity contribution is 0.283. The lowest BCUT2D eigenvalue weighted by atomic mass is 10.0. The number of aliphatic hydroxyl groups is 1. The molecule has 2 heterocycles. The maximum atomic E-state index is 8.91. The number of rotatable bonds is 7. The normalized spacial score (nSPS) is 11.2. The molecule has 4 nitrogen and oxygen atoms in total. The van der Waals surface area contributed by atoms with Crippen LogP contribution in [0, 0.1) is 20.8 Å². The van der Waals surface area contributed by atoms with Crippen molar-refractivity contribution >= 4 is 27.4 Å². The van der Waals surface area contributed by atoms with Gasteiger partial charge in [0.2, 0.25) is 0 Å². The van der Waals surface area contributed by atoms with Crippen LogP contribution in [0.4, 0.5) is 5.82 Å². The van der Waals surface area contributed by atoms with Crippen molar-refractivity contribution < 1.29 is 5.11 Å². The number of hydrogen-bond acceptors (Lipinski definition) is 5. The van der Waals surface area contributed by atoms with E-state index in [2.05, 4.69) is 53.4 Å². The second-order valence-corrected chi connectivity index (χ2v) is 7.61. The van der Waals surface area contributed by atoms with E-state index in [1.807, 2.05) is 6.92 Å². The van der Waals surface area contributed by atoms with E-state index in [1.165, 1.54) is 21.6 Å². The molecule has 2 N–H and O–H groups in total. The number of aryl methyl sites for hydroxylation is 3. The van der Waals surface area contributed by atoms with E-state index in [0.717, 1.165) is 47.7 Å². The van der Waals surface area contributed by atoms with Crippen molar-refractivity contribution in [1.29, 1.82) is 0 Å². The van der Waals surface area contributed by atoms with Crippen LogP contribution in [0.2, 0.25) is 0 Å². The van der Waals surface area contributed by atoms with Gasteiger partial charge in [0.25, 0.3) is 0 Å². The van der Waals surface area contributed by atoms with Crippen LogP contribution < -0.4 is 5.32 Å². The molecule has 0 saturated carbocycles. The van der Waals surface area contributed by atoms with Gasteiger partial charge in [-0.1, -0.05) is 29.8 Å². The number of nitrogens with one attached hydrogen (secondary N) is 1. The summed E-state index contributed by atoms with van der Waals surface area (Å²) >= 11 is 1.73. The van der Waals surface area contributed by atoms with Gasteiger partial charge in [0, 0.05) is 23.6 Å². The van der Waals surface area contributed by atoms with E-state index >= 15 is 0 Å². The van der Waals surface area contributed by atoms with Crippen molar-refractivity contribution in [1.82, 2.24) is 9.97 Å². The summed E-state index contributed by atoms with van der Waals surface area (Å²) in [5.74, 6) is 1.72. The number of aromatic nitrogens is 2. The molecule has 0 aliphatic carbocycles. The van der Waals surface area contributed by atoms with Crippen molar-refractivity contribution in [2.45, 2.75) is 40.0 Å². The first-order valence-corrected chi connectivity index (χ1v) is 9.61. The monoisotopic (exact) mass is 355 g/mol. The largest absolute Gasteiger partial charge is 0.396 e. The van der Waals surface area contributed by atoms with Gasteiger partial charge in [0.05, 0.1) is 5.39 Å². The number of thiophene rings is 1. The summed E-state index contributed by atoms with van der Waals surface area (Å²) in [4.78, 5) is 11.6. The molecule has 0 radical (unpaired) electrons. The first-order valence-electron chi connectivity index (χ1n) is 8.79. The van der Waals surface area contributed by atoms with Crippen molar-refractivity contribution in [3.8, 4) is 11.1 Å². The fraction of sp³-hybridized carbons (Fsp3) is 0.400. The minimum absolute atomic E-state index is 0.262. The Labute approximate surface area is 153 Å². The molecule has 0 saturated heterocycles. The zero-order chi connectivity index (χ0) is 17.8. The van der Waals surface area contributed by atoms with Crippen molar-refractivity contribution in [2.75, 3.05) is 18.5 Å². The Morgan fingerprint density at radius 2 is 1.76 bits per heavy atom. The highest BCUT2D eigenvalue weighted by Gasteiger charge is 2.17. The van der Waals surface area contributed by atoms with E-state index in [9.17, 15) is 0 Å². The molecule has 3 rings (SSSR count). The number of aliphatic hydroxyl groups excluding tert-OH is 1. The summed E-state index contributed by atoms with van der Waals surface area (Å²) in [6, 6.07) is 8.65. The lowest BCUT2D eigenvalue weighted by Gasteiger charge is -2.10. The minimum atomic E-state index is 0.262. The number of benzene rings is 1. The first kappa shape index (κ1) is 17.8. The number of fused-ring (bicyclic) bond motifs is 1. The Morgan fingerprint density at radius 1 is 1.00 bits per heavy atom. The molecule has 132 valence electrons. The summed E-state index contributed by atoms with van der Waals surface area (Å²) in [7, 11) is 0. The molecule has 25 heavy (non-hydrogen) atoms. The van der Waals surface area contributed by atoms with Crippen LogP contribution in [0.25, 0.3) is 21.3 Å². The van der Waals surface area contributed by atoms with E-state index < -0.39 is 0 Å². The molecular formula is C20H25N3OS. The molecule has 0 aliphatic rings. The van der Waals surface area contributed by atoms with E-state index in [4.69, 9.17) is 5.11 Å². The molecule has 2 aromatic heterocycles. The minimum Gasteiger partial charge on any atom is -0.396 e. The zero-order valence-corrected chi connectivity index (χ0v) is 15.9. The quantitative estimate of drug-likeness (QED) is 0.594. The average molecular weight is 356 g/mol. The average Bonchev–Trinajstić information content (AvgIpc) is 2.91. The van der Waals surface area contributed by atoms with Gasteiger partial charge in [0.1, 0.15) is 16.5 Å². The van der Waals surface area contributed by atoms with Crippen LogP contribution in [-0.4, -0.2) is 28.2 Å². The molecule has 0 aliphatic heterocycles. The standard InChI is InChI=1S/C20H25N3OS/c1-13-7-9-16(10-8-13)17-14(2)25-20-18(17)19(22-15(3)23-20)21-11-5-4-6-12-24/h7-10,24H,4-6,11-12H2,1-3H3,(H,21,22,23). The maximum Gasteiger partial charge on any atom is 0.139 e. The number of hydrogen-bond donors (Lipinski definition) is 2. The van der Waals surface area contributed by atoms with Crippen molar-refractivity contribution in [2.24, 2.45) is 0 Å². The van der Waals surface area contributed by atoms with Crippen LogP contribution in [0.1, 0.15) is 35.5 Å². The third-order valence-corrected chi connectivity index (χ3v) is 5.31. The van der Waals surface area contributed by atoms with Gasteiger partial charge in [-0.3, -0.25) is 0 Å². The van der Waals surface area contributed by atoms with Crippen LogP contribution in [0.15, 0.2) is 24.3 Å². The number of nitrogens with zero attached hydrogens (tertiary/aromatic N) is 2. The van der Waals surface area contributed by atoms with E-state index in [1.54, 1.807) is 11.3 Å². The number of unbranched alkanes of at least 4 members (excludes halogenated alkanes) is 2. The third-order valence-electron chi connectivity index (χ3n) is 4.31. The van der Waals surface area contributed by atoms with Gasteiger partial charge in [0.15, 0.2) is 0 Å². The summed E-state index contributed by atoms with van der Waals surface area (Å²) in [5.41, 5.74) is 3.71. The van der Waals surface area contributed by atoms with Crippen LogP contribution in [0.3, 0.4) is 0 Å². The van der Waals surface area contributed by atoms with Crippen molar-refractivity contribution in [3.63, 3.8) is 0 Å². The van der Waals surface area contributed by atoms with Crippen molar-refractivity contribution in [3.05, 3.63) is 40.5 Å². The van der Waals surface area contributed by atoms with Gasteiger partial charge in [-0.05, 0) is 45.6 Å². The smallest absolute Gasteiger partial charge is 0.139 e. The molecule has 0 atom stereocenters. The van der Waals surface area contributed by atoms with Gasteiger partial charge in [-0.25, -0.2) is 9.97 Å². The van der Waals surface area contributed by atoms with E-state index in [0.29, 0.717) is 0 Å². The second-order valence-electron chi connectivity index (χ2n) is 6.41. The summed E-state index contributed by atoms with van der Waals surface area (Å²) in [6.07, 6.45) is 2.89. The Bertz CT molecular complexity index is 855. The molecule has 0 spiro atoms. The Morgan fingerprint density at radius 3 is 2.48 bits per heavy atom. The molecule has 0 fully saturated rings. The van der Waals surface area contributed by atoms with Crippen LogP contribution in [-0.2, 0) is 0 Å². The predicted octanol–water partition coefficient (Wildman–Crippen LogP) is 4.86. The Kier molecular flexibility index (Phi) is 5.66. The van der Waals surface area contributed by atoms with Gasteiger partial charge < -0.3 is 10.4 Å². The van der Waals surface area contributed by atoms with E-state index in [-0.39, 0.29) is 6.61 Å². The fourth-order valence-corrected chi connectivity index (χ4v) is 4.12. The lowest BCUT2D eigenvalue weighted by Crippen LogP contribution is -2.06. The fourth-order valence-electron chi connectivity index (χ4n) is 3.03. The molecule has 0 amide bonds. The molecule has 0 bridgehead atoms. The summed E-state index contributed by atoms with van der Waals surface area (Å²) in [5, 5.41) is 13.5. The van der Waals surface area contributed by atoms with Crippen LogP contribution in [0.5, 0.6) is 0 Å². The highest BCUT2D eigenvalue weighted by Crippen LogP contribution is 2.40. The second kappa shape index (κ2) is 7.93. The van der Waals surface area contributed by atoms with Gasteiger partial charge in [-0.2, -0.15) is 0 Å². The summed E-state index contributed by atoms with van der Waals surface area (Å²) < 4.78 is 0. The highest BCUT2D eigenvalue weighted by atomic mass is 32.1. The molecule has 0 unspecified atom stereocenters. The number of anilines is 1. The van der Waals surface area contributed by atoms with Gasteiger partial charge in [-0.15, -0.1) is 11.3 Å². The first-order chi connectivity index (χ1) is 12.1. The zero-order valence-electron chi connectivity index (χ0n) is 15.1. The Balaban J connectivity index is 1.99. The molecule has 1 aromatic carbocycles. The highest BCUT2D eigenvalue weighted by molar-refractivity contribution is 7.19.